The number of cyclic esters (lactones) is 1. The second-order valence-electron chi connectivity index (χ2n) is 9.79. The van der Waals surface area contributed by atoms with Crippen molar-refractivity contribution in [3.63, 3.8) is 0 Å². The van der Waals surface area contributed by atoms with Crippen molar-refractivity contribution < 1.29 is 19.1 Å². The fourth-order valence-electron chi connectivity index (χ4n) is 4.02. The van der Waals surface area contributed by atoms with Crippen molar-refractivity contribution in [1.29, 1.82) is 0 Å². The normalized spacial score (nSPS) is 16.0. The van der Waals surface area contributed by atoms with E-state index in [9.17, 15) is 9.59 Å². The molecule has 1 heterocycles. The molecule has 1 aliphatic heterocycles. The van der Waals surface area contributed by atoms with Crippen molar-refractivity contribution in [2.24, 2.45) is 0 Å². The van der Waals surface area contributed by atoms with Crippen LogP contribution >= 0.6 is 0 Å². The van der Waals surface area contributed by atoms with Gasteiger partial charge in [-0.1, -0.05) is 44.9 Å². The summed E-state index contributed by atoms with van der Waals surface area (Å²) >= 11 is 0. The number of rotatable bonds is 8. The van der Waals surface area contributed by atoms with E-state index in [-0.39, 0.29) is 6.09 Å². The first-order valence-corrected chi connectivity index (χ1v) is 11.0. The molecule has 2 rings (SSSR count). The molecule has 1 aromatic carbocycles. The monoisotopic (exact) mass is 418 g/mol. The molecule has 0 radical (unpaired) electrons. The maximum absolute atomic E-state index is 13.0. The number of nitrogens with zero attached hydrogens (tertiary/aromatic N) is 1. The lowest BCUT2D eigenvalue weighted by Crippen LogP contribution is -2.50. The van der Waals surface area contributed by atoms with Crippen LogP contribution in [0, 0.1) is 0 Å². The Kier molecular flexibility index (Phi) is 7.43. The maximum Gasteiger partial charge on any atom is 0.415 e. The molecule has 0 saturated carbocycles. The average molecular weight is 419 g/mol. The van der Waals surface area contributed by atoms with Gasteiger partial charge in [-0.05, 0) is 59.9 Å². The van der Waals surface area contributed by atoms with Crippen LogP contribution in [0.5, 0.6) is 0 Å². The Morgan fingerprint density at radius 2 is 1.70 bits per heavy atom. The molecule has 0 fully saturated rings. The van der Waals surface area contributed by atoms with E-state index in [4.69, 9.17) is 9.47 Å². The largest absolute Gasteiger partial charge is 0.444 e. The van der Waals surface area contributed by atoms with Crippen LogP contribution in [-0.2, 0) is 15.1 Å². The van der Waals surface area contributed by atoms with Crippen LogP contribution in [-0.4, -0.2) is 29.9 Å². The van der Waals surface area contributed by atoms with Crippen LogP contribution in [0.4, 0.5) is 15.3 Å². The molecule has 6 heteroatoms. The highest BCUT2D eigenvalue weighted by molar-refractivity contribution is 5.91. The molecule has 0 aromatic heterocycles. The molecule has 30 heavy (non-hydrogen) atoms. The van der Waals surface area contributed by atoms with E-state index in [0.29, 0.717) is 13.0 Å². The summed E-state index contributed by atoms with van der Waals surface area (Å²) < 4.78 is 11.4. The summed E-state index contributed by atoms with van der Waals surface area (Å²) in [7, 11) is 0. The summed E-state index contributed by atoms with van der Waals surface area (Å²) in [5.41, 5.74) is 0.323. The number of carbonyl (C=O) groups excluding carboxylic acids is 2. The fraction of sp³-hybridized carbons (Fsp3) is 0.667. The molecule has 0 atom stereocenters. The first-order chi connectivity index (χ1) is 13.9. The highest BCUT2D eigenvalue weighted by Crippen LogP contribution is 2.45. The first-order valence-electron chi connectivity index (χ1n) is 11.0. The summed E-state index contributed by atoms with van der Waals surface area (Å²) in [5.74, 6) is 0. The van der Waals surface area contributed by atoms with Gasteiger partial charge in [-0.15, -0.1) is 0 Å². The van der Waals surface area contributed by atoms with Crippen LogP contribution in [0.25, 0.3) is 0 Å². The second-order valence-corrected chi connectivity index (χ2v) is 9.79. The topological polar surface area (TPSA) is 67.9 Å². The number of nitrogens with one attached hydrogen (secondary N) is 1. The quantitative estimate of drug-likeness (QED) is 0.551. The number of alkyl carbamates (subject to hydrolysis) is 1. The Bertz CT molecular complexity index is 746. The van der Waals surface area contributed by atoms with Crippen molar-refractivity contribution in [2.45, 2.75) is 97.3 Å². The van der Waals surface area contributed by atoms with E-state index in [2.05, 4.69) is 25.2 Å². The van der Waals surface area contributed by atoms with E-state index in [1.54, 1.807) is 4.90 Å². The highest BCUT2D eigenvalue weighted by atomic mass is 16.6. The molecule has 0 bridgehead atoms. The molecule has 0 saturated heterocycles. The van der Waals surface area contributed by atoms with Gasteiger partial charge in [0.2, 0.25) is 0 Å². The molecule has 1 aliphatic rings. The van der Waals surface area contributed by atoms with Crippen LogP contribution in [0.3, 0.4) is 0 Å². The van der Waals surface area contributed by atoms with Crippen molar-refractivity contribution in [3.8, 4) is 0 Å². The van der Waals surface area contributed by atoms with Gasteiger partial charge in [-0.3, -0.25) is 4.90 Å². The minimum Gasteiger partial charge on any atom is -0.444 e. The molecule has 1 N–H and O–H groups in total. The van der Waals surface area contributed by atoms with E-state index in [1.165, 1.54) is 0 Å². The molecule has 0 aliphatic carbocycles. The Morgan fingerprint density at radius 3 is 2.27 bits per heavy atom. The minimum absolute atomic E-state index is 0.316. The number of carbonyl (C=O) groups is 2. The summed E-state index contributed by atoms with van der Waals surface area (Å²) in [6.07, 6.45) is 3.28. The number of hydrogen-bond acceptors (Lipinski definition) is 4. The Hall–Kier alpha value is -2.24. The van der Waals surface area contributed by atoms with Gasteiger partial charge < -0.3 is 14.8 Å². The van der Waals surface area contributed by atoms with Crippen molar-refractivity contribution in [3.05, 3.63) is 29.8 Å². The van der Waals surface area contributed by atoms with Gasteiger partial charge >= 0.3 is 12.2 Å². The molecular formula is C24H38N2O4. The Morgan fingerprint density at radius 1 is 1.10 bits per heavy atom. The zero-order valence-corrected chi connectivity index (χ0v) is 19.6. The molecule has 6 nitrogen and oxygen atoms in total. The van der Waals surface area contributed by atoms with E-state index < -0.39 is 22.8 Å². The maximum atomic E-state index is 13.0. The van der Waals surface area contributed by atoms with Crippen molar-refractivity contribution in [2.75, 3.05) is 11.4 Å². The number of ether oxygens (including phenoxy) is 2. The third-order valence-corrected chi connectivity index (χ3v) is 5.30. The predicted molar refractivity (Wildman–Crippen MR) is 120 cm³/mol. The summed E-state index contributed by atoms with van der Waals surface area (Å²) in [5, 5.41) is 2.91. The lowest BCUT2D eigenvalue weighted by Gasteiger charge is -2.43. The molecule has 0 spiro atoms. The van der Waals surface area contributed by atoms with Crippen LogP contribution in [0.2, 0.25) is 0 Å². The zero-order valence-electron chi connectivity index (χ0n) is 19.6. The summed E-state index contributed by atoms with van der Waals surface area (Å²) in [4.78, 5) is 26.9. The first kappa shape index (κ1) is 24.0. The van der Waals surface area contributed by atoms with Crippen molar-refractivity contribution >= 4 is 17.9 Å². The van der Waals surface area contributed by atoms with Gasteiger partial charge in [0, 0.05) is 17.6 Å². The van der Waals surface area contributed by atoms with Gasteiger partial charge in [0.1, 0.15) is 11.2 Å². The molecule has 2 amide bonds. The lowest BCUT2D eigenvalue weighted by atomic mass is 9.82. The minimum atomic E-state index is -0.558. The number of hydrogen-bond donors (Lipinski definition) is 1. The van der Waals surface area contributed by atoms with Crippen LogP contribution in [0.15, 0.2) is 24.3 Å². The van der Waals surface area contributed by atoms with Gasteiger partial charge in [0.05, 0.1) is 5.69 Å². The average Bonchev–Trinajstić information content (AvgIpc) is 2.59. The van der Waals surface area contributed by atoms with Crippen LogP contribution in [0.1, 0.15) is 86.1 Å². The Labute approximate surface area is 181 Å². The van der Waals surface area contributed by atoms with Crippen molar-refractivity contribution in [1.82, 2.24) is 5.32 Å². The van der Waals surface area contributed by atoms with Gasteiger partial charge in [0.15, 0.2) is 0 Å². The SMILES string of the molecule is CCCC1(CCC)OC(=O)N(CCC(C)(C)NC(=O)OC(C)(C)C)c2ccccc21. The zero-order chi connectivity index (χ0) is 22.6. The number of amides is 2. The fourth-order valence-corrected chi connectivity index (χ4v) is 4.02. The molecule has 1 aromatic rings. The smallest absolute Gasteiger partial charge is 0.415 e. The van der Waals surface area contributed by atoms with Gasteiger partial charge in [-0.25, -0.2) is 9.59 Å². The molecular weight excluding hydrogens is 380 g/mol. The summed E-state index contributed by atoms with van der Waals surface area (Å²) in [6.45, 7) is 14.0. The highest BCUT2D eigenvalue weighted by Gasteiger charge is 2.44. The van der Waals surface area contributed by atoms with E-state index in [1.807, 2.05) is 52.8 Å². The number of para-hydroxylation sites is 1. The van der Waals surface area contributed by atoms with E-state index in [0.717, 1.165) is 36.9 Å². The lowest BCUT2D eigenvalue weighted by molar-refractivity contribution is -0.00974. The second kappa shape index (κ2) is 9.27. The standard InChI is InChI=1S/C24H38N2O4/c1-8-14-24(15-9-2)18-12-10-11-13-19(18)26(21(28)30-24)17-16-23(6,7)25-20(27)29-22(3,4)5/h10-13H,8-9,14-17H2,1-7H3,(H,25,27). The summed E-state index contributed by atoms with van der Waals surface area (Å²) in [6, 6.07) is 8.02. The van der Waals surface area contributed by atoms with Gasteiger partial charge in [-0.2, -0.15) is 0 Å². The van der Waals surface area contributed by atoms with Gasteiger partial charge in [0.25, 0.3) is 0 Å². The van der Waals surface area contributed by atoms with Crippen LogP contribution < -0.4 is 10.2 Å². The molecule has 0 unspecified atom stereocenters. The number of anilines is 1. The molecule has 168 valence electrons. The number of benzene rings is 1. The Balaban J connectivity index is 2.19. The predicted octanol–water partition coefficient (Wildman–Crippen LogP) is 6.13. The number of fused-ring (bicyclic) bond motifs is 1. The third kappa shape index (κ3) is 5.89. The third-order valence-electron chi connectivity index (χ3n) is 5.30. The van der Waals surface area contributed by atoms with E-state index >= 15 is 0 Å².